The first kappa shape index (κ1) is 36.5. The summed E-state index contributed by atoms with van der Waals surface area (Å²) in [5.74, 6) is -1.47. The van der Waals surface area contributed by atoms with E-state index in [9.17, 15) is 19.2 Å². The fraction of sp³-hybridized carbons (Fsp3) is 0.150. The lowest BCUT2D eigenvalue weighted by Gasteiger charge is -2.09. The molecule has 0 radical (unpaired) electrons. The number of esters is 2. The van der Waals surface area contributed by atoms with E-state index in [1.807, 2.05) is 74.5 Å². The highest BCUT2D eigenvalue weighted by Crippen LogP contribution is 2.27. The number of carbonyl (C=O) groups excluding carboxylic acids is 2. The molecule has 264 valence electrons. The molecule has 2 aliphatic heterocycles. The second-order valence-corrected chi connectivity index (χ2v) is 11.1. The summed E-state index contributed by atoms with van der Waals surface area (Å²) < 4.78 is 21.5. The molecule has 0 fully saturated rings. The van der Waals surface area contributed by atoms with E-state index in [0.29, 0.717) is 47.0 Å². The van der Waals surface area contributed by atoms with Crippen molar-refractivity contribution in [1.29, 1.82) is 0 Å². The molecule has 6 rings (SSSR count). The van der Waals surface area contributed by atoms with E-state index in [2.05, 4.69) is 9.98 Å². The highest BCUT2D eigenvalue weighted by atomic mass is 16.6. The summed E-state index contributed by atoms with van der Waals surface area (Å²) in [5, 5.41) is 18.0. The molecule has 4 aromatic rings. The van der Waals surface area contributed by atoms with Crippen molar-refractivity contribution in [3.63, 3.8) is 0 Å². The van der Waals surface area contributed by atoms with E-state index < -0.39 is 23.9 Å². The third kappa shape index (κ3) is 9.66. The highest BCUT2D eigenvalue weighted by Gasteiger charge is 2.25. The molecule has 0 amide bonds. The van der Waals surface area contributed by atoms with Crippen LogP contribution in [0.1, 0.15) is 47.2 Å². The summed E-state index contributed by atoms with van der Waals surface area (Å²) >= 11 is 0. The van der Waals surface area contributed by atoms with Gasteiger partial charge in [0.25, 0.3) is 0 Å². The minimum Gasteiger partial charge on any atom is -0.494 e. The van der Waals surface area contributed by atoms with Crippen LogP contribution in [0, 0.1) is 0 Å². The second-order valence-electron chi connectivity index (χ2n) is 11.1. The smallest absolute Gasteiger partial charge is 0.363 e. The minimum atomic E-state index is -0.937. The molecule has 0 aliphatic carbocycles. The molecule has 12 nitrogen and oxygen atoms in total. The maximum absolute atomic E-state index is 12.1. The number of benzene rings is 4. The first-order chi connectivity index (χ1) is 25.1. The number of hydrogen-bond acceptors (Lipinski definition) is 10. The lowest BCUT2D eigenvalue weighted by molar-refractivity contribution is -0.137. The van der Waals surface area contributed by atoms with Gasteiger partial charge in [0.2, 0.25) is 11.8 Å². The molecule has 2 N–H and O–H groups in total. The molecule has 0 atom stereocenters. The van der Waals surface area contributed by atoms with E-state index in [-0.39, 0.29) is 36.0 Å². The number of nitrogens with zero attached hydrogens (tertiary/aromatic N) is 2. The van der Waals surface area contributed by atoms with Gasteiger partial charge in [-0.2, -0.15) is 0 Å². The molecule has 4 aromatic carbocycles. The lowest BCUT2D eigenvalue weighted by Crippen LogP contribution is -2.05. The van der Waals surface area contributed by atoms with Crippen LogP contribution in [0.2, 0.25) is 0 Å². The van der Waals surface area contributed by atoms with E-state index in [0.717, 1.165) is 11.1 Å². The Hall–Kier alpha value is -6.82. The van der Waals surface area contributed by atoms with Gasteiger partial charge in [-0.25, -0.2) is 19.6 Å². The van der Waals surface area contributed by atoms with Crippen molar-refractivity contribution in [1.82, 2.24) is 0 Å². The Morgan fingerprint density at radius 3 is 1.35 bits per heavy atom. The van der Waals surface area contributed by atoms with Crippen LogP contribution in [-0.2, 0) is 41.5 Å². The summed E-state index contributed by atoms with van der Waals surface area (Å²) in [7, 11) is 0. The Morgan fingerprint density at radius 1 is 0.615 bits per heavy atom. The number of aliphatic carboxylic acids is 2. The largest absolute Gasteiger partial charge is 0.494 e. The number of ether oxygens (including phenoxy) is 4. The summed E-state index contributed by atoms with van der Waals surface area (Å²) in [6.45, 7) is 4.46. The second kappa shape index (κ2) is 17.2. The molecule has 0 unspecified atom stereocenters. The van der Waals surface area contributed by atoms with Gasteiger partial charge in [0.1, 0.15) is 11.5 Å². The Bertz CT molecular complexity index is 1950. The van der Waals surface area contributed by atoms with Gasteiger partial charge in [-0.05, 0) is 73.5 Å². The van der Waals surface area contributed by atoms with Crippen molar-refractivity contribution >= 4 is 47.8 Å². The fourth-order valence-corrected chi connectivity index (χ4v) is 5.06. The van der Waals surface area contributed by atoms with Crippen molar-refractivity contribution < 1.29 is 48.3 Å². The number of aliphatic imine (C=N–C) groups is 2. The molecular formula is C40H34N2O10. The molecular weight excluding hydrogens is 668 g/mol. The number of rotatable bonds is 12. The minimum absolute atomic E-state index is 0.134. The van der Waals surface area contributed by atoms with E-state index in [4.69, 9.17) is 29.2 Å². The zero-order chi connectivity index (χ0) is 37.0. The van der Waals surface area contributed by atoms with E-state index in [1.54, 1.807) is 48.6 Å². The molecule has 0 saturated carbocycles. The first-order valence-electron chi connectivity index (χ1n) is 16.2. The van der Waals surface area contributed by atoms with Crippen LogP contribution < -0.4 is 9.47 Å². The maximum atomic E-state index is 12.1. The fourth-order valence-electron chi connectivity index (χ4n) is 5.06. The molecule has 0 saturated heterocycles. The van der Waals surface area contributed by atoms with Gasteiger partial charge < -0.3 is 29.2 Å². The van der Waals surface area contributed by atoms with Gasteiger partial charge >= 0.3 is 23.9 Å². The normalized spacial score (nSPS) is 14.9. The van der Waals surface area contributed by atoms with Crippen molar-refractivity contribution in [2.45, 2.75) is 26.7 Å². The number of carboxylic acids is 2. The monoisotopic (exact) mass is 702 g/mol. The van der Waals surface area contributed by atoms with Crippen LogP contribution in [-0.4, -0.2) is 59.1 Å². The Morgan fingerprint density at radius 2 is 1.00 bits per heavy atom. The summed E-state index contributed by atoms with van der Waals surface area (Å²) in [5.41, 5.74) is 4.29. The maximum Gasteiger partial charge on any atom is 0.363 e. The number of hydrogen-bond donors (Lipinski definition) is 2. The lowest BCUT2D eigenvalue weighted by atomic mass is 10.1. The van der Waals surface area contributed by atoms with Gasteiger partial charge in [0.05, 0.1) is 26.1 Å². The van der Waals surface area contributed by atoms with Gasteiger partial charge in [0.15, 0.2) is 11.4 Å². The highest BCUT2D eigenvalue weighted by molar-refractivity contribution is 6.13. The average molecular weight is 703 g/mol. The van der Waals surface area contributed by atoms with Crippen LogP contribution in [0.15, 0.2) is 118 Å². The van der Waals surface area contributed by atoms with E-state index in [1.165, 1.54) is 0 Å². The van der Waals surface area contributed by atoms with Crippen LogP contribution in [0.4, 0.5) is 0 Å². The Kier molecular flexibility index (Phi) is 12.1. The zero-order valence-corrected chi connectivity index (χ0v) is 28.3. The van der Waals surface area contributed by atoms with Gasteiger partial charge in [-0.15, -0.1) is 0 Å². The standard InChI is InChI=1S/2C20H17NO5/c2*1-2-25-17-11-13(8-9-15(17)12-18(22)23)10-16-20(24)26-19(21-16)14-6-4-3-5-7-14/h2*3-11H,2,12H2,1H3,(H,22,23)/b2*16-10-. The first-order valence-corrected chi connectivity index (χ1v) is 16.2. The summed E-state index contributed by atoms with van der Waals surface area (Å²) in [6.07, 6.45) is 2.91. The van der Waals surface area contributed by atoms with Gasteiger partial charge in [-0.1, -0.05) is 60.7 Å². The summed E-state index contributed by atoms with van der Waals surface area (Å²) in [4.78, 5) is 54.6. The van der Waals surface area contributed by atoms with Crippen LogP contribution >= 0.6 is 0 Å². The van der Waals surface area contributed by atoms with Crippen molar-refractivity contribution in [2.75, 3.05) is 13.2 Å². The Balaban J connectivity index is 0.000000201. The molecule has 0 bridgehead atoms. The predicted octanol–water partition coefficient (Wildman–Crippen LogP) is 6.11. The van der Waals surface area contributed by atoms with Crippen molar-refractivity contribution in [3.05, 3.63) is 142 Å². The zero-order valence-electron chi connectivity index (χ0n) is 28.3. The SMILES string of the molecule is CCOc1cc(/C=C2\N=C(c3ccccc3)OC2=O)ccc1CC(=O)O.CCOc1cc(/C=C2\N=C(c3ccccc3)OC2=O)ccc1CC(=O)O. The Labute approximate surface area is 299 Å². The third-order valence-electron chi connectivity index (χ3n) is 7.35. The number of carbonyl (C=O) groups is 4. The van der Waals surface area contributed by atoms with Gasteiger partial charge in [0, 0.05) is 22.3 Å². The van der Waals surface area contributed by atoms with Crippen LogP contribution in [0.25, 0.3) is 12.2 Å². The quantitative estimate of drug-likeness (QED) is 0.130. The average Bonchev–Trinajstić information content (AvgIpc) is 3.69. The van der Waals surface area contributed by atoms with Crippen molar-refractivity contribution in [2.24, 2.45) is 9.98 Å². The number of carboxylic acid groups (broad SMARTS) is 2. The van der Waals surface area contributed by atoms with Crippen LogP contribution in [0.3, 0.4) is 0 Å². The van der Waals surface area contributed by atoms with E-state index >= 15 is 0 Å². The summed E-state index contributed by atoms with van der Waals surface area (Å²) in [6, 6.07) is 28.5. The topological polar surface area (TPSA) is 170 Å². The number of cyclic esters (lactones) is 2. The van der Waals surface area contributed by atoms with Crippen LogP contribution in [0.5, 0.6) is 11.5 Å². The molecule has 52 heavy (non-hydrogen) atoms. The van der Waals surface area contributed by atoms with Gasteiger partial charge in [-0.3, -0.25) is 9.59 Å². The predicted molar refractivity (Wildman–Crippen MR) is 192 cm³/mol. The molecule has 2 aliphatic rings. The molecule has 0 aromatic heterocycles. The van der Waals surface area contributed by atoms with Crippen molar-refractivity contribution in [3.8, 4) is 11.5 Å². The molecule has 0 spiro atoms. The third-order valence-corrected chi connectivity index (χ3v) is 7.35. The molecule has 12 heteroatoms. The molecule has 2 heterocycles.